The summed E-state index contributed by atoms with van der Waals surface area (Å²) < 4.78 is 11.1. The Morgan fingerprint density at radius 1 is 1.37 bits per heavy atom. The van der Waals surface area contributed by atoms with Crippen LogP contribution in [0, 0.1) is 0 Å². The maximum Gasteiger partial charge on any atom is 0.305 e. The topological polar surface area (TPSA) is 48.4 Å². The molecule has 0 saturated heterocycles. The molecule has 27 heavy (non-hydrogen) atoms. The number of thiol groups is 1. The molecule has 0 spiro atoms. The van der Waals surface area contributed by atoms with E-state index in [1.165, 1.54) is 5.56 Å². The van der Waals surface area contributed by atoms with Crippen molar-refractivity contribution in [2.45, 2.75) is 63.4 Å². The van der Waals surface area contributed by atoms with Gasteiger partial charge in [0.2, 0.25) is 0 Å². The summed E-state index contributed by atoms with van der Waals surface area (Å²) in [6, 6.07) is 8.24. The highest BCUT2D eigenvalue weighted by Gasteiger charge is 2.22. The van der Waals surface area contributed by atoms with E-state index in [4.69, 9.17) is 9.47 Å². The molecule has 2 heterocycles. The zero-order valence-electron chi connectivity index (χ0n) is 16.2. The summed E-state index contributed by atoms with van der Waals surface area (Å²) in [5.41, 5.74) is 4.49. The van der Waals surface area contributed by atoms with E-state index in [-0.39, 0.29) is 12.1 Å². The minimum absolute atomic E-state index is 0.0674. The normalized spacial score (nSPS) is 16.0. The first kappa shape index (κ1) is 19.7. The quantitative estimate of drug-likeness (QED) is 0.549. The standard InChI is InChI=1S/C22H27NO3S/c1-4-25-20(24)10-8-17-7-5-15-13-16(6-9-18(15)26-17)21-19(27)11-12-23-22(21)14(2)3/h6,9,11-14,17H,4-5,7-8,10H2,1-3H3,(H,23,27). The van der Waals surface area contributed by atoms with E-state index in [0.29, 0.717) is 25.4 Å². The van der Waals surface area contributed by atoms with Crippen molar-refractivity contribution in [2.75, 3.05) is 6.61 Å². The highest BCUT2D eigenvalue weighted by molar-refractivity contribution is 7.80. The number of carbonyl (C=O) groups is 1. The molecule has 3 rings (SSSR count). The molecule has 0 N–H and O–H groups in total. The molecule has 144 valence electrons. The predicted octanol–water partition coefficient (Wildman–Crippen LogP) is 5.20. The molecular weight excluding hydrogens is 358 g/mol. The Hall–Kier alpha value is -2.01. The van der Waals surface area contributed by atoms with Crippen LogP contribution in [0.15, 0.2) is 35.4 Å². The number of ether oxygens (including phenoxy) is 2. The predicted molar refractivity (Wildman–Crippen MR) is 110 cm³/mol. The van der Waals surface area contributed by atoms with E-state index in [1.807, 2.05) is 25.3 Å². The van der Waals surface area contributed by atoms with Crippen molar-refractivity contribution in [3.63, 3.8) is 0 Å². The molecule has 0 bridgehead atoms. The average Bonchev–Trinajstić information content (AvgIpc) is 2.66. The summed E-state index contributed by atoms with van der Waals surface area (Å²) in [6.07, 6.45) is 4.83. The minimum Gasteiger partial charge on any atom is -0.490 e. The highest BCUT2D eigenvalue weighted by Crippen LogP contribution is 2.37. The van der Waals surface area contributed by atoms with Crippen molar-refractivity contribution in [1.29, 1.82) is 0 Å². The van der Waals surface area contributed by atoms with Gasteiger partial charge in [0.1, 0.15) is 5.75 Å². The fourth-order valence-electron chi connectivity index (χ4n) is 3.52. The van der Waals surface area contributed by atoms with Gasteiger partial charge in [-0.25, -0.2) is 0 Å². The van der Waals surface area contributed by atoms with E-state index in [9.17, 15) is 4.79 Å². The lowest BCUT2D eigenvalue weighted by molar-refractivity contribution is -0.143. The van der Waals surface area contributed by atoms with Crippen LogP contribution in [-0.4, -0.2) is 23.7 Å². The third-order valence-electron chi connectivity index (χ3n) is 4.86. The summed E-state index contributed by atoms with van der Waals surface area (Å²) in [5, 5.41) is 0. The largest absolute Gasteiger partial charge is 0.490 e. The lowest BCUT2D eigenvalue weighted by Gasteiger charge is -2.26. The Balaban J connectivity index is 1.78. The molecule has 1 aromatic carbocycles. The molecule has 0 saturated carbocycles. The van der Waals surface area contributed by atoms with Crippen LogP contribution in [0.2, 0.25) is 0 Å². The Morgan fingerprint density at radius 3 is 2.93 bits per heavy atom. The third kappa shape index (κ3) is 4.64. The van der Waals surface area contributed by atoms with Crippen molar-refractivity contribution >= 4 is 18.6 Å². The van der Waals surface area contributed by atoms with Crippen molar-refractivity contribution in [3.05, 3.63) is 41.7 Å². The molecule has 1 unspecified atom stereocenters. The van der Waals surface area contributed by atoms with Crippen LogP contribution in [0.4, 0.5) is 0 Å². The Bertz CT molecular complexity index is 819. The fraction of sp³-hybridized carbons (Fsp3) is 0.455. The van der Waals surface area contributed by atoms with Crippen LogP contribution < -0.4 is 4.74 Å². The van der Waals surface area contributed by atoms with Gasteiger partial charge in [0.15, 0.2) is 0 Å². The second-order valence-electron chi connectivity index (χ2n) is 7.19. The van der Waals surface area contributed by atoms with E-state index < -0.39 is 0 Å². The molecule has 0 aliphatic carbocycles. The molecular formula is C22H27NO3S. The van der Waals surface area contributed by atoms with Crippen LogP contribution in [0.5, 0.6) is 5.75 Å². The summed E-state index contributed by atoms with van der Waals surface area (Å²) >= 11 is 4.66. The lowest BCUT2D eigenvalue weighted by Crippen LogP contribution is -2.24. The second-order valence-corrected chi connectivity index (χ2v) is 7.67. The van der Waals surface area contributed by atoms with Gasteiger partial charge >= 0.3 is 5.97 Å². The maximum absolute atomic E-state index is 11.6. The van der Waals surface area contributed by atoms with Crippen LogP contribution in [0.3, 0.4) is 0 Å². The van der Waals surface area contributed by atoms with Gasteiger partial charge in [-0.05, 0) is 61.4 Å². The fourth-order valence-corrected chi connectivity index (χ4v) is 3.83. The summed E-state index contributed by atoms with van der Waals surface area (Å²) in [4.78, 5) is 17.1. The van der Waals surface area contributed by atoms with Crippen LogP contribution in [0.25, 0.3) is 11.1 Å². The first-order chi connectivity index (χ1) is 13.0. The number of nitrogens with zero attached hydrogens (tertiary/aromatic N) is 1. The molecule has 1 aliphatic rings. The van der Waals surface area contributed by atoms with Gasteiger partial charge in [0.05, 0.1) is 18.4 Å². The van der Waals surface area contributed by atoms with Gasteiger partial charge in [-0.15, -0.1) is 12.6 Å². The molecule has 1 aliphatic heterocycles. The molecule has 0 fully saturated rings. The number of esters is 1. The maximum atomic E-state index is 11.6. The number of pyridine rings is 1. The summed E-state index contributed by atoms with van der Waals surface area (Å²) in [6.45, 7) is 6.55. The smallest absolute Gasteiger partial charge is 0.305 e. The average molecular weight is 386 g/mol. The van der Waals surface area contributed by atoms with Gasteiger partial charge < -0.3 is 9.47 Å². The lowest BCUT2D eigenvalue weighted by atomic mass is 9.93. The number of aryl methyl sites for hydroxylation is 1. The van der Waals surface area contributed by atoms with Gasteiger partial charge in [-0.3, -0.25) is 9.78 Å². The van der Waals surface area contributed by atoms with Gasteiger partial charge in [0, 0.05) is 23.1 Å². The molecule has 0 amide bonds. The monoisotopic (exact) mass is 385 g/mol. The second kappa shape index (κ2) is 8.79. The Kier molecular flexibility index (Phi) is 6.42. The van der Waals surface area contributed by atoms with Crippen molar-refractivity contribution in [1.82, 2.24) is 4.98 Å². The van der Waals surface area contributed by atoms with Crippen molar-refractivity contribution < 1.29 is 14.3 Å². The molecule has 1 atom stereocenters. The molecule has 1 aromatic heterocycles. The Labute approximate surface area is 166 Å². The van der Waals surface area contributed by atoms with E-state index in [1.54, 1.807) is 0 Å². The highest BCUT2D eigenvalue weighted by atomic mass is 32.1. The van der Waals surface area contributed by atoms with Crippen LogP contribution in [0.1, 0.15) is 57.2 Å². The number of benzene rings is 1. The minimum atomic E-state index is -0.152. The van der Waals surface area contributed by atoms with Crippen molar-refractivity contribution in [2.24, 2.45) is 0 Å². The third-order valence-corrected chi connectivity index (χ3v) is 5.23. The summed E-state index contributed by atoms with van der Waals surface area (Å²) in [5.74, 6) is 1.09. The number of hydrogen-bond acceptors (Lipinski definition) is 5. The molecule has 4 nitrogen and oxygen atoms in total. The molecule has 2 aromatic rings. The SMILES string of the molecule is CCOC(=O)CCC1CCc2cc(-c3c(S)ccnc3C(C)C)ccc2O1. The van der Waals surface area contributed by atoms with Gasteiger partial charge in [-0.1, -0.05) is 19.9 Å². The summed E-state index contributed by atoms with van der Waals surface area (Å²) in [7, 11) is 0. The zero-order chi connectivity index (χ0) is 19.4. The van der Waals surface area contributed by atoms with Crippen LogP contribution >= 0.6 is 12.6 Å². The number of rotatable bonds is 6. The molecule has 0 radical (unpaired) electrons. The number of aromatic nitrogens is 1. The van der Waals surface area contributed by atoms with E-state index >= 15 is 0 Å². The number of carbonyl (C=O) groups excluding carboxylic acids is 1. The Morgan fingerprint density at radius 2 is 2.19 bits per heavy atom. The van der Waals surface area contributed by atoms with Gasteiger partial charge in [-0.2, -0.15) is 0 Å². The van der Waals surface area contributed by atoms with Crippen LogP contribution in [-0.2, 0) is 16.0 Å². The van der Waals surface area contributed by atoms with Gasteiger partial charge in [0.25, 0.3) is 0 Å². The first-order valence-corrected chi connectivity index (χ1v) is 10.1. The zero-order valence-corrected chi connectivity index (χ0v) is 17.1. The van der Waals surface area contributed by atoms with Crippen molar-refractivity contribution in [3.8, 4) is 16.9 Å². The first-order valence-electron chi connectivity index (χ1n) is 9.63. The van der Waals surface area contributed by atoms with E-state index in [2.05, 4.69) is 43.6 Å². The number of fused-ring (bicyclic) bond motifs is 1. The molecule has 5 heteroatoms. The number of hydrogen-bond donors (Lipinski definition) is 1. The van der Waals surface area contributed by atoms with E-state index in [0.717, 1.165) is 40.3 Å².